The molecule has 0 radical (unpaired) electrons. The highest BCUT2D eigenvalue weighted by Gasteiger charge is 2.36. The van der Waals surface area contributed by atoms with E-state index in [1.807, 2.05) is 12.1 Å². The molecule has 3 atom stereocenters. The number of nitrogens with zero attached hydrogens (tertiary/aromatic N) is 1. The fourth-order valence-electron chi connectivity index (χ4n) is 6.25. The van der Waals surface area contributed by atoms with Crippen LogP contribution in [-0.4, -0.2) is 42.3 Å². The minimum absolute atomic E-state index is 0.0173. The minimum atomic E-state index is -0.861. The smallest absolute Gasteiger partial charge is 0.243 e. The van der Waals surface area contributed by atoms with E-state index in [4.69, 9.17) is 22.9 Å². The van der Waals surface area contributed by atoms with Crippen LogP contribution in [0.1, 0.15) is 88.2 Å². The quantitative estimate of drug-likeness (QED) is 0.115. The molecular weight excluding hydrogens is 506 g/mol. The predicted molar refractivity (Wildman–Crippen MR) is 158 cm³/mol. The van der Waals surface area contributed by atoms with Gasteiger partial charge in [-0.2, -0.15) is 0 Å². The molecule has 10 heteroatoms. The van der Waals surface area contributed by atoms with Gasteiger partial charge in [-0.3, -0.25) is 19.4 Å². The normalized spacial score (nSPS) is 18.7. The average molecular weight is 556 g/mol. The van der Waals surface area contributed by atoms with Gasteiger partial charge in [-0.05, 0) is 67.9 Å². The van der Waals surface area contributed by atoms with E-state index in [0.717, 1.165) is 68.9 Å². The zero-order valence-electron chi connectivity index (χ0n) is 23.8. The largest absolute Gasteiger partial charge is 0.370 e. The third kappa shape index (κ3) is 9.80. The third-order valence-corrected chi connectivity index (χ3v) is 8.58. The second-order valence-electron chi connectivity index (χ2n) is 11.5. The number of primary amides is 1. The number of guanidine groups is 1. The molecule has 2 aliphatic carbocycles. The number of hydrogen-bond donors (Lipinski definition) is 6. The predicted octanol–water partition coefficient (Wildman–Crippen LogP) is 1.97. The number of nitrogens with two attached hydrogens (primary N) is 4. The van der Waals surface area contributed by atoms with Crippen LogP contribution in [0.3, 0.4) is 0 Å². The lowest BCUT2D eigenvalue weighted by Crippen LogP contribution is -2.57. The maximum absolute atomic E-state index is 14.0. The summed E-state index contributed by atoms with van der Waals surface area (Å²) < 4.78 is 0. The molecule has 0 heterocycles. The van der Waals surface area contributed by atoms with E-state index < -0.39 is 18.0 Å². The molecule has 222 valence electrons. The Morgan fingerprint density at radius 3 is 1.93 bits per heavy atom. The van der Waals surface area contributed by atoms with Crippen LogP contribution in [0.15, 0.2) is 29.3 Å². The van der Waals surface area contributed by atoms with E-state index in [0.29, 0.717) is 32.4 Å². The first-order valence-electron chi connectivity index (χ1n) is 15.0. The molecule has 0 aliphatic heterocycles. The lowest BCUT2D eigenvalue weighted by atomic mass is 9.76. The van der Waals surface area contributed by atoms with Crippen molar-refractivity contribution in [2.45, 2.75) is 102 Å². The van der Waals surface area contributed by atoms with Crippen LogP contribution in [0.25, 0.3) is 0 Å². The van der Waals surface area contributed by atoms with Crippen molar-refractivity contribution in [2.24, 2.45) is 45.7 Å². The third-order valence-electron chi connectivity index (χ3n) is 8.58. The van der Waals surface area contributed by atoms with E-state index in [9.17, 15) is 14.4 Å². The standard InChI is InChI=1S/C30H49N7O3/c31-19-21-15-13-20(14-16-21)18-24(22-8-3-1-4-9-22)28(39)37-26(23-10-5-2-6-11-23)29(40)36-25(27(32)38)12-7-17-35-30(33)34/h13-16,22-26H,1-12,17-19,31H2,(H2,32,38)(H,36,40)(H,37,39)(H4,33,34,35)/t24-,25?,26-/m0/s1. The molecule has 40 heavy (non-hydrogen) atoms. The van der Waals surface area contributed by atoms with Gasteiger partial charge in [0.2, 0.25) is 17.7 Å². The van der Waals surface area contributed by atoms with Crippen LogP contribution in [0.2, 0.25) is 0 Å². The summed E-state index contributed by atoms with van der Waals surface area (Å²) in [6.07, 6.45) is 11.7. The van der Waals surface area contributed by atoms with Crippen LogP contribution in [-0.2, 0) is 27.3 Å². The summed E-state index contributed by atoms with van der Waals surface area (Å²) >= 11 is 0. The molecule has 3 rings (SSSR count). The number of nitrogens with one attached hydrogen (secondary N) is 2. The number of hydrogen-bond acceptors (Lipinski definition) is 5. The second-order valence-corrected chi connectivity index (χ2v) is 11.5. The SMILES string of the molecule is NCc1ccc(C[C@H](C(=O)N[C@H](C(=O)NC(CCCN=C(N)N)C(N)=O)C2CCCCC2)C2CCCCC2)cc1. The fraction of sp³-hybridized carbons (Fsp3) is 0.667. The minimum Gasteiger partial charge on any atom is -0.370 e. The Kier molecular flexibility index (Phi) is 12.7. The number of benzene rings is 1. The Labute approximate surface area is 238 Å². The van der Waals surface area contributed by atoms with Gasteiger partial charge in [0.1, 0.15) is 12.1 Å². The van der Waals surface area contributed by atoms with Gasteiger partial charge in [0, 0.05) is 19.0 Å². The van der Waals surface area contributed by atoms with Gasteiger partial charge in [-0.1, -0.05) is 62.8 Å². The monoisotopic (exact) mass is 555 g/mol. The summed E-state index contributed by atoms with van der Waals surface area (Å²) in [4.78, 5) is 43.7. The Bertz CT molecular complexity index is 982. The lowest BCUT2D eigenvalue weighted by molar-refractivity contribution is -0.135. The van der Waals surface area contributed by atoms with E-state index >= 15 is 0 Å². The molecule has 10 nitrogen and oxygen atoms in total. The molecular formula is C30H49N7O3. The molecule has 1 aromatic carbocycles. The Balaban J connectivity index is 1.76. The van der Waals surface area contributed by atoms with Crippen molar-refractivity contribution in [1.29, 1.82) is 0 Å². The van der Waals surface area contributed by atoms with Gasteiger partial charge in [0.25, 0.3) is 0 Å². The molecule has 0 bridgehead atoms. The van der Waals surface area contributed by atoms with Gasteiger partial charge < -0.3 is 33.6 Å². The Morgan fingerprint density at radius 1 is 0.800 bits per heavy atom. The summed E-state index contributed by atoms with van der Waals surface area (Å²) in [5.41, 5.74) is 24.3. The molecule has 2 fully saturated rings. The van der Waals surface area contributed by atoms with Crippen molar-refractivity contribution in [3.05, 3.63) is 35.4 Å². The number of carbonyl (C=O) groups is 3. The van der Waals surface area contributed by atoms with Crippen molar-refractivity contribution in [2.75, 3.05) is 6.54 Å². The summed E-state index contributed by atoms with van der Waals surface area (Å²) in [5.74, 6) is -1.01. The van der Waals surface area contributed by atoms with Crippen molar-refractivity contribution in [1.82, 2.24) is 10.6 Å². The average Bonchev–Trinajstić information content (AvgIpc) is 2.97. The topological polar surface area (TPSA) is 192 Å². The zero-order chi connectivity index (χ0) is 28.9. The van der Waals surface area contributed by atoms with E-state index in [-0.39, 0.29) is 35.5 Å². The first kappa shape index (κ1) is 31.4. The molecule has 2 saturated carbocycles. The second kappa shape index (κ2) is 16.2. The van der Waals surface area contributed by atoms with Crippen LogP contribution in [0, 0.1) is 17.8 Å². The maximum atomic E-state index is 14.0. The van der Waals surface area contributed by atoms with Crippen molar-refractivity contribution < 1.29 is 14.4 Å². The highest BCUT2D eigenvalue weighted by molar-refractivity contribution is 5.92. The van der Waals surface area contributed by atoms with Crippen molar-refractivity contribution in [3.63, 3.8) is 0 Å². The molecule has 3 amide bonds. The summed E-state index contributed by atoms with van der Waals surface area (Å²) in [5, 5.41) is 6.01. The highest BCUT2D eigenvalue weighted by Crippen LogP contribution is 2.33. The number of rotatable bonds is 14. The van der Waals surface area contributed by atoms with Gasteiger partial charge in [0.05, 0.1) is 0 Å². The molecule has 0 spiro atoms. The first-order chi connectivity index (χ1) is 19.3. The molecule has 1 unspecified atom stereocenters. The van der Waals surface area contributed by atoms with Gasteiger partial charge in [0.15, 0.2) is 5.96 Å². The van der Waals surface area contributed by atoms with E-state index in [1.54, 1.807) is 0 Å². The summed E-state index contributed by atoms with van der Waals surface area (Å²) in [6, 6.07) is 6.56. The number of carbonyl (C=O) groups excluding carboxylic acids is 3. The van der Waals surface area contributed by atoms with Crippen LogP contribution < -0.4 is 33.6 Å². The fourth-order valence-corrected chi connectivity index (χ4v) is 6.25. The maximum Gasteiger partial charge on any atom is 0.243 e. The first-order valence-corrected chi connectivity index (χ1v) is 15.0. The Morgan fingerprint density at radius 2 is 1.38 bits per heavy atom. The highest BCUT2D eigenvalue weighted by atomic mass is 16.2. The number of amides is 3. The van der Waals surface area contributed by atoms with E-state index in [1.165, 1.54) is 6.42 Å². The van der Waals surface area contributed by atoms with Gasteiger partial charge >= 0.3 is 0 Å². The van der Waals surface area contributed by atoms with Crippen LogP contribution >= 0.6 is 0 Å². The van der Waals surface area contributed by atoms with Crippen LogP contribution in [0.4, 0.5) is 0 Å². The van der Waals surface area contributed by atoms with E-state index in [2.05, 4.69) is 27.8 Å². The molecule has 1 aromatic rings. The molecule has 2 aliphatic rings. The zero-order valence-corrected chi connectivity index (χ0v) is 23.8. The molecule has 0 saturated heterocycles. The van der Waals surface area contributed by atoms with Crippen molar-refractivity contribution in [3.8, 4) is 0 Å². The Hall–Kier alpha value is -3.14. The van der Waals surface area contributed by atoms with Crippen molar-refractivity contribution >= 4 is 23.7 Å². The molecule has 0 aromatic heterocycles. The molecule has 10 N–H and O–H groups in total. The van der Waals surface area contributed by atoms with Crippen LogP contribution in [0.5, 0.6) is 0 Å². The summed E-state index contributed by atoms with van der Waals surface area (Å²) in [6.45, 7) is 0.811. The number of aliphatic imine (C=N–C) groups is 1. The lowest BCUT2D eigenvalue weighted by Gasteiger charge is -2.34. The van der Waals surface area contributed by atoms with Gasteiger partial charge in [-0.25, -0.2) is 0 Å². The summed E-state index contributed by atoms with van der Waals surface area (Å²) in [7, 11) is 0. The van der Waals surface area contributed by atoms with Gasteiger partial charge in [-0.15, -0.1) is 0 Å².